The second-order valence-corrected chi connectivity index (χ2v) is 9.83. The Morgan fingerprint density at radius 1 is 1.05 bits per heavy atom. The van der Waals surface area contributed by atoms with Crippen molar-refractivity contribution in [1.82, 2.24) is 19.5 Å². The van der Waals surface area contributed by atoms with Gasteiger partial charge in [-0.1, -0.05) is 40.2 Å². The second kappa shape index (κ2) is 11.2. The van der Waals surface area contributed by atoms with Crippen molar-refractivity contribution in [3.63, 3.8) is 0 Å². The number of anilines is 1. The van der Waals surface area contributed by atoms with Crippen molar-refractivity contribution in [2.75, 3.05) is 31.4 Å². The first-order chi connectivity index (χ1) is 18.4. The van der Waals surface area contributed by atoms with Crippen molar-refractivity contribution < 1.29 is 24.4 Å². The molecule has 5 atom stereocenters. The van der Waals surface area contributed by atoms with Gasteiger partial charge in [0.05, 0.1) is 26.7 Å². The van der Waals surface area contributed by atoms with Gasteiger partial charge in [-0.05, 0) is 35.7 Å². The van der Waals surface area contributed by atoms with Crippen molar-refractivity contribution in [2.24, 2.45) is 0 Å². The molecule has 0 saturated carbocycles. The molecule has 1 saturated heterocycles. The highest BCUT2D eigenvalue weighted by Crippen LogP contribution is 2.35. The summed E-state index contributed by atoms with van der Waals surface area (Å²) in [4.78, 5) is 13.4. The predicted octanol–water partition coefficient (Wildman–Crippen LogP) is 3.41. The van der Waals surface area contributed by atoms with E-state index in [0.717, 1.165) is 16.7 Å². The first-order valence-electron chi connectivity index (χ1n) is 12.2. The van der Waals surface area contributed by atoms with Crippen LogP contribution in [0.2, 0.25) is 0 Å². The average molecular weight is 584 g/mol. The summed E-state index contributed by atoms with van der Waals surface area (Å²) in [5.74, 6) is 1.91. The van der Waals surface area contributed by atoms with Crippen LogP contribution in [0.4, 0.5) is 5.82 Å². The number of fused-ring (bicyclic) bond motifs is 1. The third-order valence-corrected chi connectivity index (χ3v) is 7.57. The minimum absolute atomic E-state index is 0.0536. The molecule has 0 radical (unpaired) electrons. The SMILES string of the molecule is COc1cc(OC)cc(C(CNc2ncnc3c2ncn3[C@@H]2O[C@H](CBr)[C@@H](O)[C@H]2O)c2ccccc2C)c1. The van der Waals surface area contributed by atoms with Crippen LogP contribution in [-0.4, -0.2) is 74.1 Å². The van der Waals surface area contributed by atoms with E-state index in [1.165, 1.54) is 6.33 Å². The number of aliphatic hydroxyl groups is 2. The standard InChI is InChI=1S/C27H30BrN5O5/c1-15-6-4-5-7-19(15)20(16-8-17(36-2)10-18(9-16)37-3)12-29-25-22-26(31-13-30-25)33(14-32-22)27-24(35)23(34)21(11-28)38-27/h4-10,13-14,20-21,23-24,27,34-35H,11-12H2,1-3H3,(H,29,30,31)/t20?,21-,23-,24-,27-/m1/s1. The molecule has 0 amide bonds. The molecule has 38 heavy (non-hydrogen) atoms. The van der Waals surface area contributed by atoms with Crippen molar-refractivity contribution in [2.45, 2.75) is 37.4 Å². The molecule has 1 unspecified atom stereocenters. The number of alkyl halides is 1. The summed E-state index contributed by atoms with van der Waals surface area (Å²) in [5.41, 5.74) is 4.36. The molecule has 3 heterocycles. The largest absolute Gasteiger partial charge is 0.497 e. The Kier molecular flexibility index (Phi) is 7.80. The molecule has 200 valence electrons. The van der Waals surface area contributed by atoms with Gasteiger partial charge in [-0.3, -0.25) is 4.57 Å². The Morgan fingerprint density at radius 3 is 2.45 bits per heavy atom. The van der Waals surface area contributed by atoms with Crippen LogP contribution in [0, 0.1) is 6.92 Å². The zero-order chi connectivity index (χ0) is 26.8. The van der Waals surface area contributed by atoms with Gasteiger partial charge in [-0.15, -0.1) is 0 Å². The van der Waals surface area contributed by atoms with E-state index in [4.69, 9.17) is 14.2 Å². The van der Waals surface area contributed by atoms with Crippen molar-refractivity contribution in [3.05, 3.63) is 71.8 Å². The van der Waals surface area contributed by atoms with Gasteiger partial charge >= 0.3 is 0 Å². The highest BCUT2D eigenvalue weighted by Gasteiger charge is 2.43. The Bertz CT molecular complexity index is 1390. The number of benzene rings is 2. The number of aliphatic hydroxyl groups excluding tert-OH is 2. The number of nitrogens with zero attached hydrogens (tertiary/aromatic N) is 4. The molecule has 0 aliphatic carbocycles. The van der Waals surface area contributed by atoms with Gasteiger partial charge in [0, 0.05) is 23.9 Å². The quantitative estimate of drug-likeness (QED) is 0.254. The summed E-state index contributed by atoms with van der Waals surface area (Å²) in [5, 5.41) is 24.7. The molecular weight excluding hydrogens is 554 g/mol. The van der Waals surface area contributed by atoms with Gasteiger partial charge in [-0.25, -0.2) is 15.0 Å². The molecule has 1 aliphatic heterocycles. The molecule has 1 aliphatic rings. The third-order valence-electron chi connectivity index (χ3n) is 6.94. The highest BCUT2D eigenvalue weighted by molar-refractivity contribution is 9.09. The van der Waals surface area contributed by atoms with Crippen LogP contribution in [0.1, 0.15) is 28.8 Å². The lowest BCUT2D eigenvalue weighted by Crippen LogP contribution is -2.32. The van der Waals surface area contributed by atoms with Gasteiger partial charge in [0.1, 0.15) is 30.0 Å². The fourth-order valence-corrected chi connectivity index (χ4v) is 5.40. The van der Waals surface area contributed by atoms with Crippen LogP contribution >= 0.6 is 15.9 Å². The monoisotopic (exact) mass is 583 g/mol. The zero-order valence-electron chi connectivity index (χ0n) is 21.3. The Labute approximate surface area is 228 Å². The van der Waals surface area contributed by atoms with Gasteiger partial charge in [0.2, 0.25) is 0 Å². The van der Waals surface area contributed by atoms with Gasteiger partial charge in [0.15, 0.2) is 23.2 Å². The number of aryl methyl sites for hydroxylation is 1. The van der Waals surface area contributed by atoms with E-state index in [-0.39, 0.29) is 5.92 Å². The van der Waals surface area contributed by atoms with E-state index in [2.05, 4.69) is 55.3 Å². The van der Waals surface area contributed by atoms with E-state index in [1.807, 2.05) is 30.3 Å². The molecule has 2 aromatic heterocycles. The molecule has 11 heteroatoms. The molecule has 2 aromatic carbocycles. The van der Waals surface area contributed by atoms with Crippen LogP contribution in [0.3, 0.4) is 0 Å². The lowest BCUT2D eigenvalue weighted by molar-refractivity contribution is -0.0286. The molecule has 1 fully saturated rings. The molecule has 10 nitrogen and oxygen atoms in total. The summed E-state index contributed by atoms with van der Waals surface area (Å²) < 4.78 is 18.6. The summed E-state index contributed by atoms with van der Waals surface area (Å²) in [6.07, 6.45) is -0.500. The van der Waals surface area contributed by atoms with Crippen molar-refractivity contribution in [3.8, 4) is 11.5 Å². The number of halogens is 1. The zero-order valence-corrected chi connectivity index (χ0v) is 22.9. The molecule has 3 N–H and O–H groups in total. The van der Waals surface area contributed by atoms with E-state index >= 15 is 0 Å². The normalized spacial score (nSPS) is 21.9. The lowest BCUT2D eigenvalue weighted by atomic mass is 9.88. The van der Waals surface area contributed by atoms with E-state index in [1.54, 1.807) is 25.1 Å². The van der Waals surface area contributed by atoms with Gasteiger partial charge < -0.3 is 29.7 Å². The number of hydrogen-bond donors (Lipinski definition) is 3. The maximum atomic E-state index is 10.6. The van der Waals surface area contributed by atoms with Crippen LogP contribution in [0.5, 0.6) is 11.5 Å². The maximum Gasteiger partial charge on any atom is 0.167 e. The van der Waals surface area contributed by atoms with Crippen molar-refractivity contribution >= 4 is 32.9 Å². The summed E-state index contributed by atoms with van der Waals surface area (Å²) in [6.45, 7) is 2.60. The molecule has 5 rings (SSSR count). The summed E-state index contributed by atoms with van der Waals surface area (Å²) in [7, 11) is 3.27. The van der Waals surface area contributed by atoms with Gasteiger partial charge in [0.25, 0.3) is 0 Å². The smallest absolute Gasteiger partial charge is 0.167 e. The maximum absolute atomic E-state index is 10.6. The summed E-state index contributed by atoms with van der Waals surface area (Å²) in [6, 6.07) is 14.1. The molecular formula is C27H30BrN5O5. The summed E-state index contributed by atoms with van der Waals surface area (Å²) >= 11 is 3.32. The van der Waals surface area contributed by atoms with E-state index < -0.39 is 24.5 Å². The first kappa shape index (κ1) is 26.4. The number of imidazole rings is 1. The second-order valence-electron chi connectivity index (χ2n) is 9.18. The van der Waals surface area contributed by atoms with E-state index in [0.29, 0.717) is 40.4 Å². The van der Waals surface area contributed by atoms with Gasteiger partial charge in [-0.2, -0.15) is 0 Å². The Balaban J connectivity index is 1.48. The number of rotatable bonds is 9. The molecule has 0 bridgehead atoms. The number of nitrogens with one attached hydrogen (secondary N) is 1. The lowest BCUT2D eigenvalue weighted by Gasteiger charge is -2.22. The average Bonchev–Trinajstić information content (AvgIpc) is 3.50. The van der Waals surface area contributed by atoms with Crippen LogP contribution in [-0.2, 0) is 4.74 Å². The molecule has 4 aromatic rings. The topological polar surface area (TPSA) is 124 Å². The Hall–Kier alpha value is -3.25. The molecule has 0 spiro atoms. The van der Waals surface area contributed by atoms with Crippen LogP contribution in [0.25, 0.3) is 11.2 Å². The minimum atomic E-state index is -1.12. The van der Waals surface area contributed by atoms with Crippen molar-refractivity contribution in [1.29, 1.82) is 0 Å². The fraction of sp³-hybridized carbons (Fsp3) is 0.370. The Morgan fingerprint density at radius 2 is 1.79 bits per heavy atom. The first-order valence-corrected chi connectivity index (χ1v) is 13.3. The number of hydrogen-bond acceptors (Lipinski definition) is 9. The van der Waals surface area contributed by atoms with Crippen LogP contribution in [0.15, 0.2) is 55.1 Å². The highest BCUT2D eigenvalue weighted by atomic mass is 79.9. The van der Waals surface area contributed by atoms with E-state index in [9.17, 15) is 10.2 Å². The number of aromatic nitrogens is 4. The third kappa shape index (κ3) is 4.94. The van der Waals surface area contributed by atoms with Crippen LogP contribution < -0.4 is 14.8 Å². The fourth-order valence-electron chi connectivity index (χ4n) is 4.87. The predicted molar refractivity (Wildman–Crippen MR) is 146 cm³/mol. The number of ether oxygens (including phenoxy) is 3. The number of methoxy groups -OCH3 is 2. The minimum Gasteiger partial charge on any atom is -0.497 e.